The number of ether oxygens (including phenoxy) is 2. The second kappa shape index (κ2) is 12.2. The zero-order valence-corrected chi connectivity index (χ0v) is 22.4. The number of rotatable bonds is 8. The number of hydrogen-bond acceptors (Lipinski definition) is 7. The summed E-state index contributed by atoms with van der Waals surface area (Å²) in [6.45, 7) is 5.81. The first-order valence-electron chi connectivity index (χ1n) is 12.3. The topological polar surface area (TPSA) is 105 Å². The fraction of sp³-hybridized carbons (Fsp3) is 0.333. The van der Waals surface area contributed by atoms with Crippen molar-refractivity contribution in [3.8, 4) is 11.6 Å². The first-order chi connectivity index (χ1) is 18.9. The number of carboxylic acid groups (broad SMARTS) is 1. The van der Waals surface area contributed by atoms with E-state index in [1.165, 1.54) is 41.6 Å². The molecule has 1 aliphatic rings. The zero-order chi connectivity index (χ0) is 29.0. The van der Waals surface area contributed by atoms with Gasteiger partial charge in [0.1, 0.15) is 17.0 Å². The van der Waals surface area contributed by atoms with E-state index >= 15 is 0 Å². The van der Waals surface area contributed by atoms with E-state index in [9.17, 15) is 27.9 Å². The molecule has 0 spiro atoms. The van der Waals surface area contributed by atoms with Crippen molar-refractivity contribution in [2.45, 2.75) is 32.6 Å². The molecule has 1 amide bonds. The Morgan fingerprint density at radius 2 is 1.85 bits per heavy atom. The summed E-state index contributed by atoms with van der Waals surface area (Å²) in [6.07, 6.45) is -2.18. The van der Waals surface area contributed by atoms with Gasteiger partial charge in [-0.2, -0.15) is 13.2 Å². The molecule has 9 nitrogen and oxygen atoms in total. The van der Waals surface area contributed by atoms with E-state index in [0.29, 0.717) is 36.9 Å². The Labute approximate surface area is 233 Å². The molecular formula is C27H26ClF3N4O5. The van der Waals surface area contributed by atoms with Crippen LogP contribution in [0.1, 0.15) is 45.8 Å². The maximum absolute atomic E-state index is 13.9. The second-order valence-corrected chi connectivity index (χ2v) is 9.74. The lowest BCUT2D eigenvalue weighted by Crippen LogP contribution is -2.38. The maximum atomic E-state index is 13.9. The molecule has 1 aromatic carbocycles. The molecule has 3 aromatic rings. The molecule has 0 radical (unpaired) electrons. The summed E-state index contributed by atoms with van der Waals surface area (Å²) in [7, 11) is 0. The monoisotopic (exact) mass is 578 g/mol. The zero-order valence-electron chi connectivity index (χ0n) is 21.6. The molecule has 1 N–H and O–H groups in total. The van der Waals surface area contributed by atoms with Crippen molar-refractivity contribution in [1.82, 2.24) is 14.9 Å². The van der Waals surface area contributed by atoms with Gasteiger partial charge in [-0.3, -0.25) is 9.69 Å². The Balaban J connectivity index is 1.66. The minimum atomic E-state index is -4.77. The average molecular weight is 579 g/mol. The van der Waals surface area contributed by atoms with E-state index in [0.717, 1.165) is 12.1 Å². The summed E-state index contributed by atoms with van der Waals surface area (Å²) in [4.78, 5) is 36.5. The highest BCUT2D eigenvalue weighted by Crippen LogP contribution is 2.38. The largest absolute Gasteiger partial charge is 0.478 e. The van der Waals surface area contributed by atoms with Gasteiger partial charge in [-0.15, -0.1) is 0 Å². The SMILES string of the molecule is CC(C)N(C(=O)c1ccc(Cl)cn1)c1ccc(Oc2ncc(CN3CCOCC3)cc2C(F)(F)F)cc1C(=O)O. The minimum absolute atomic E-state index is 0.0152. The van der Waals surface area contributed by atoms with Crippen molar-refractivity contribution in [3.05, 3.63) is 76.2 Å². The number of carbonyl (C=O) groups is 2. The van der Waals surface area contributed by atoms with E-state index in [4.69, 9.17) is 21.1 Å². The predicted molar refractivity (Wildman–Crippen MR) is 140 cm³/mol. The van der Waals surface area contributed by atoms with Gasteiger partial charge >= 0.3 is 12.1 Å². The number of aromatic carboxylic acids is 1. The summed E-state index contributed by atoms with van der Waals surface area (Å²) in [5, 5.41) is 10.2. The van der Waals surface area contributed by atoms with Crippen LogP contribution in [0.15, 0.2) is 48.8 Å². The number of carbonyl (C=O) groups excluding carboxylic acids is 1. The Hall–Kier alpha value is -3.74. The summed E-state index contributed by atoms with van der Waals surface area (Å²) in [6, 6.07) is 7.00. The molecule has 0 atom stereocenters. The molecule has 3 heterocycles. The van der Waals surface area contributed by atoms with E-state index in [1.54, 1.807) is 13.8 Å². The van der Waals surface area contributed by atoms with Crippen molar-refractivity contribution in [2.75, 3.05) is 31.2 Å². The number of nitrogens with zero attached hydrogens (tertiary/aromatic N) is 4. The van der Waals surface area contributed by atoms with Crippen molar-refractivity contribution in [2.24, 2.45) is 0 Å². The molecule has 2 aromatic heterocycles. The molecule has 1 aliphatic heterocycles. The van der Waals surface area contributed by atoms with Crippen LogP contribution in [0.5, 0.6) is 11.6 Å². The molecule has 1 saturated heterocycles. The number of anilines is 1. The number of hydrogen-bond donors (Lipinski definition) is 1. The van der Waals surface area contributed by atoms with Gasteiger partial charge < -0.3 is 19.5 Å². The lowest BCUT2D eigenvalue weighted by Gasteiger charge is -2.28. The van der Waals surface area contributed by atoms with Crippen LogP contribution in [0.3, 0.4) is 0 Å². The number of aromatic nitrogens is 2. The number of pyridine rings is 2. The summed E-state index contributed by atoms with van der Waals surface area (Å²) >= 11 is 5.86. The number of amides is 1. The minimum Gasteiger partial charge on any atom is -0.478 e. The van der Waals surface area contributed by atoms with Gasteiger partial charge in [0.15, 0.2) is 0 Å². The van der Waals surface area contributed by atoms with Crippen LogP contribution in [0.2, 0.25) is 5.02 Å². The van der Waals surface area contributed by atoms with Crippen LogP contribution in [-0.2, 0) is 17.5 Å². The van der Waals surface area contributed by atoms with Crippen molar-refractivity contribution in [1.29, 1.82) is 0 Å². The van der Waals surface area contributed by atoms with E-state index < -0.39 is 35.5 Å². The van der Waals surface area contributed by atoms with Crippen LogP contribution < -0.4 is 9.64 Å². The lowest BCUT2D eigenvalue weighted by atomic mass is 10.1. The summed E-state index contributed by atoms with van der Waals surface area (Å²) < 4.78 is 52.6. The Kier molecular flexibility index (Phi) is 8.92. The van der Waals surface area contributed by atoms with Gasteiger partial charge in [0.25, 0.3) is 5.91 Å². The van der Waals surface area contributed by atoms with Crippen LogP contribution >= 0.6 is 11.6 Å². The van der Waals surface area contributed by atoms with Gasteiger partial charge in [-0.05, 0) is 55.8 Å². The van der Waals surface area contributed by atoms with Gasteiger partial charge in [0.2, 0.25) is 5.88 Å². The number of benzene rings is 1. The quantitative estimate of drug-likeness (QED) is 0.372. The van der Waals surface area contributed by atoms with E-state index in [1.807, 2.05) is 4.90 Å². The first kappa shape index (κ1) is 29.2. The third-order valence-electron chi connectivity index (χ3n) is 6.08. The fourth-order valence-electron chi connectivity index (χ4n) is 4.20. The molecule has 1 fully saturated rings. The molecule has 212 valence electrons. The molecule has 0 bridgehead atoms. The Morgan fingerprint density at radius 1 is 1.12 bits per heavy atom. The molecule has 0 aliphatic carbocycles. The van der Waals surface area contributed by atoms with Crippen LogP contribution in [0.4, 0.5) is 18.9 Å². The fourth-order valence-corrected chi connectivity index (χ4v) is 4.32. The lowest BCUT2D eigenvalue weighted by molar-refractivity contribution is -0.139. The number of alkyl halides is 3. The third kappa shape index (κ3) is 6.87. The van der Waals surface area contributed by atoms with E-state index in [2.05, 4.69) is 9.97 Å². The average Bonchev–Trinajstić information content (AvgIpc) is 2.90. The number of halogens is 4. The van der Waals surface area contributed by atoms with Crippen molar-refractivity contribution >= 4 is 29.2 Å². The Bertz CT molecular complexity index is 1380. The van der Waals surface area contributed by atoms with E-state index in [-0.39, 0.29) is 29.2 Å². The first-order valence-corrected chi connectivity index (χ1v) is 12.7. The maximum Gasteiger partial charge on any atom is 0.421 e. The van der Waals surface area contributed by atoms with Crippen LogP contribution in [0.25, 0.3) is 0 Å². The number of carboxylic acids is 1. The highest BCUT2D eigenvalue weighted by Gasteiger charge is 2.36. The number of morpholine rings is 1. The Morgan fingerprint density at radius 3 is 2.45 bits per heavy atom. The molecule has 40 heavy (non-hydrogen) atoms. The molecule has 0 unspecified atom stereocenters. The molecule has 0 saturated carbocycles. The standard InChI is InChI=1S/C27H26ClF3N4O5/c1-16(2)35(25(36)22-5-3-18(28)14-32-22)23-6-4-19(12-20(23)26(37)38)40-24-21(27(29,30)31)11-17(13-33-24)15-34-7-9-39-10-8-34/h3-6,11-14,16H,7-10,15H2,1-2H3,(H,37,38). The summed E-state index contributed by atoms with van der Waals surface area (Å²) in [5.41, 5.74) is -1.05. The highest BCUT2D eigenvalue weighted by atomic mass is 35.5. The van der Waals surface area contributed by atoms with Gasteiger partial charge in [-0.1, -0.05) is 11.6 Å². The van der Waals surface area contributed by atoms with Gasteiger partial charge in [0.05, 0.1) is 29.5 Å². The second-order valence-electron chi connectivity index (χ2n) is 9.30. The smallest absolute Gasteiger partial charge is 0.421 e. The van der Waals surface area contributed by atoms with Crippen LogP contribution in [-0.4, -0.2) is 64.2 Å². The molecule has 13 heteroatoms. The molecular weight excluding hydrogens is 553 g/mol. The third-order valence-corrected chi connectivity index (χ3v) is 6.30. The normalized spacial score (nSPS) is 14.3. The van der Waals surface area contributed by atoms with Gasteiger partial charge in [-0.25, -0.2) is 14.8 Å². The molecule has 4 rings (SSSR count). The van der Waals surface area contributed by atoms with Crippen LogP contribution in [0, 0.1) is 0 Å². The highest BCUT2D eigenvalue weighted by molar-refractivity contribution is 6.30. The van der Waals surface area contributed by atoms with Crippen molar-refractivity contribution in [3.63, 3.8) is 0 Å². The predicted octanol–water partition coefficient (Wildman–Crippen LogP) is 5.53. The van der Waals surface area contributed by atoms with Crippen molar-refractivity contribution < 1.29 is 37.3 Å². The summed E-state index contributed by atoms with van der Waals surface area (Å²) in [5.74, 6) is -2.90. The van der Waals surface area contributed by atoms with Gasteiger partial charge in [0, 0.05) is 38.1 Å².